The summed E-state index contributed by atoms with van der Waals surface area (Å²) < 4.78 is 27.9. The van der Waals surface area contributed by atoms with Crippen molar-refractivity contribution in [1.29, 1.82) is 0 Å². The summed E-state index contributed by atoms with van der Waals surface area (Å²) in [6.45, 7) is 5.04. The molecule has 4 aliphatic carbocycles. The summed E-state index contributed by atoms with van der Waals surface area (Å²) in [6.07, 6.45) is 8.94. The summed E-state index contributed by atoms with van der Waals surface area (Å²) in [5, 5.41) is 3.73. The lowest BCUT2D eigenvalue weighted by molar-refractivity contribution is -0.140. The number of amides is 2. The first-order chi connectivity index (χ1) is 23.1. The lowest BCUT2D eigenvalue weighted by Crippen LogP contribution is -2.56. The summed E-state index contributed by atoms with van der Waals surface area (Å²) >= 11 is 13.2. The van der Waals surface area contributed by atoms with Crippen LogP contribution in [0.3, 0.4) is 0 Å². The van der Waals surface area contributed by atoms with Crippen molar-refractivity contribution in [2.75, 3.05) is 17.1 Å². The molecular formula is C39H47Cl2N3O4S. The van der Waals surface area contributed by atoms with E-state index in [0.717, 1.165) is 33.9 Å². The second-order valence-corrected chi connectivity index (χ2v) is 18.4. The molecule has 0 unspecified atom stereocenters. The number of nitrogens with one attached hydrogen (secondary N) is 1. The molecule has 4 aliphatic rings. The van der Waals surface area contributed by atoms with E-state index < -0.39 is 34.1 Å². The van der Waals surface area contributed by atoms with Gasteiger partial charge >= 0.3 is 0 Å². The van der Waals surface area contributed by atoms with Crippen LogP contribution in [0.15, 0.2) is 72.8 Å². The normalized spacial score (nSPS) is 23.6. The highest BCUT2D eigenvalue weighted by atomic mass is 35.5. The average molecular weight is 725 g/mol. The van der Waals surface area contributed by atoms with Gasteiger partial charge in [0, 0.05) is 34.1 Å². The molecule has 1 N–H and O–H groups in total. The summed E-state index contributed by atoms with van der Waals surface area (Å²) in [6, 6.07) is 21.4. The van der Waals surface area contributed by atoms with Gasteiger partial charge in [-0.15, -0.1) is 0 Å². The molecule has 4 saturated carbocycles. The zero-order chi connectivity index (χ0) is 35.1. The van der Waals surface area contributed by atoms with Gasteiger partial charge in [-0.05, 0) is 118 Å². The second kappa shape index (κ2) is 13.9. The van der Waals surface area contributed by atoms with Crippen LogP contribution >= 0.6 is 23.2 Å². The number of hydrogen-bond acceptors (Lipinski definition) is 4. The van der Waals surface area contributed by atoms with Crippen LogP contribution in [0.2, 0.25) is 10.0 Å². The fourth-order valence-corrected chi connectivity index (χ4v) is 10.3. The molecule has 10 heteroatoms. The number of rotatable bonds is 11. The minimum absolute atomic E-state index is 0.0883. The standard InChI is InChI=1S/C39H47Cl2N3O4S/c1-38(2,3)42-37(46)35(20-26-9-6-5-7-10-26)43(24-32-33(40)11-8-12-34(32)41)36(45)25-44(49(4,47)48)31-15-13-30(14-16-31)39-21-27-17-28(22-39)19-29(18-27)23-39/h5-16,27-29,35H,17-25H2,1-4H3,(H,42,46)/t27?,28?,29?,35-,39?/m1/s1. The van der Waals surface area contributed by atoms with E-state index >= 15 is 0 Å². The van der Waals surface area contributed by atoms with Crippen molar-refractivity contribution in [2.45, 2.75) is 89.3 Å². The Labute approximate surface area is 301 Å². The topological polar surface area (TPSA) is 86.8 Å². The maximum atomic E-state index is 14.6. The van der Waals surface area contributed by atoms with Crippen molar-refractivity contribution < 1.29 is 18.0 Å². The van der Waals surface area contributed by atoms with Gasteiger partial charge in [-0.3, -0.25) is 13.9 Å². The van der Waals surface area contributed by atoms with E-state index in [4.69, 9.17) is 23.2 Å². The third kappa shape index (κ3) is 8.13. The van der Waals surface area contributed by atoms with Crippen molar-refractivity contribution in [1.82, 2.24) is 10.2 Å². The maximum Gasteiger partial charge on any atom is 0.244 e. The molecule has 0 saturated heterocycles. The third-order valence-corrected chi connectivity index (χ3v) is 12.5. The Bertz CT molecular complexity index is 1740. The number of carbonyl (C=O) groups excluding carboxylic acids is 2. The average Bonchev–Trinajstić information content (AvgIpc) is 3.01. The van der Waals surface area contributed by atoms with Crippen molar-refractivity contribution in [3.8, 4) is 0 Å². The zero-order valence-electron chi connectivity index (χ0n) is 28.8. The minimum Gasteiger partial charge on any atom is -0.350 e. The molecule has 0 aromatic heterocycles. The highest BCUT2D eigenvalue weighted by Crippen LogP contribution is 2.60. The summed E-state index contributed by atoms with van der Waals surface area (Å²) in [5.41, 5.74) is 2.59. The van der Waals surface area contributed by atoms with Gasteiger partial charge < -0.3 is 10.2 Å². The largest absolute Gasteiger partial charge is 0.350 e. The number of halogens is 2. The van der Waals surface area contributed by atoms with Crippen LogP contribution in [-0.2, 0) is 38.0 Å². The van der Waals surface area contributed by atoms with Gasteiger partial charge in [-0.2, -0.15) is 0 Å². The summed E-state index contributed by atoms with van der Waals surface area (Å²) in [5.74, 6) is 1.45. The SMILES string of the molecule is CC(C)(C)NC(=O)[C@@H](Cc1ccccc1)N(Cc1c(Cl)cccc1Cl)C(=O)CN(c1ccc(C23CC4CC(CC(C4)C2)C3)cc1)S(C)(=O)=O. The lowest BCUT2D eigenvalue weighted by Gasteiger charge is -2.57. The van der Waals surface area contributed by atoms with Crippen molar-refractivity contribution in [2.24, 2.45) is 17.8 Å². The third-order valence-electron chi connectivity index (χ3n) is 10.6. The smallest absolute Gasteiger partial charge is 0.244 e. The molecule has 2 amide bonds. The van der Waals surface area contributed by atoms with Crippen molar-refractivity contribution >= 4 is 50.7 Å². The van der Waals surface area contributed by atoms with Crippen LogP contribution < -0.4 is 9.62 Å². The van der Waals surface area contributed by atoms with Crippen LogP contribution in [0, 0.1) is 17.8 Å². The van der Waals surface area contributed by atoms with Crippen LogP contribution in [0.4, 0.5) is 5.69 Å². The molecule has 3 aromatic carbocycles. The monoisotopic (exact) mass is 723 g/mol. The molecule has 49 heavy (non-hydrogen) atoms. The first-order valence-corrected chi connectivity index (χ1v) is 19.9. The fraction of sp³-hybridized carbons (Fsp3) is 0.487. The molecule has 262 valence electrons. The molecule has 3 aromatic rings. The Morgan fingerprint density at radius 1 is 0.857 bits per heavy atom. The Hall–Kier alpha value is -3.07. The lowest BCUT2D eigenvalue weighted by atomic mass is 9.48. The van der Waals surface area contributed by atoms with Gasteiger partial charge in [0.25, 0.3) is 0 Å². The van der Waals surface area contributed by atoms with E-state index in [1.807, 2.05) is 63.2 Å². The van der Waals surface area contributed by atoms with E-state index in [2.05, 4.69) is 17.4 Å². The molecule has 0 radical (unpaired) electrons. The Kier molecular flexibility index (Phi) is 10.2. The predicted molar refractivity (Wildman–Crippen MR) is 197 cm³/mol. The first-order valence-electron chi connectivity index (χ1n) is 17.3. The van der Waals surface area contributed by atoms with Crippen LogP contribution in [0.1, 0.15) is 76.0 Å². The van der Waals surface area contributed by atoms with Crippen LogP contribution in [0.25, 0.3) is 0 Å². The first kappa shape index (κ1) is 35.7. The molecule has 7 rings (SSSR count). The summed E-state index contributed by atoms with van der Waals surface area (Å²) in [7, 11) is -3.89. The Morgan fingerprint density at radius 2 is 1.41 bits per heavy atom. The second-order valence-electron chi connectivity index (χ2n) is 15.7. The molecule has 4 fully saturated rings. The fourth-order valence-electron chi connectivity index (χ4n) is 8.92. The van der Waals surface area contributed by atoms with E-state index in [0.29, 0.717) is 21.3 Å². The van der Waals surface area contributed by atoms with Gasteiger partial charge in [-0.25, -0.2) is 8.42 Å². The highest BCUT2D eigenvalue weighted by molar-refractivity contribution is 7.92. The molecule has 7 nitrogen and oxygen atoms in total. The number of hydrogen-bond donors (Lipinski definition) is 1. The number of anilines is 1. The highest BCUT2D eigenvalue weighted by Gasteiger charge is 2.51. The Balaban J connectivity index is 1.34. The predicted octanol–water partition coefficient (Wildman–Crippen LogP) is 7.78. The number of carbonyl (C=O) groups is 2. The zero-order valence-corrected chi connectivity index (χ0v) is 31.1. The van der Waals surface area contributed by atoms with Crippen LogP contribution in [0.5, 0.6) is 0 Å². The van der Waals surface area contributed by atoms with E-state index in [1.54, 1.807) is 18.2 Å². The number of sulfonamides is 1. The quantitative estimate of drug-likeness (QED) is 0.219. The van der Waals surface area contributed by atoms with Gasteiger partial charge in [0.2, 0.25) is 21.8 Å². The van der Waals surface area contributed by atoms with E-state index in [-0.39, 0.29) is 24.3 Å². The molecule has 4 bridgehead atoms. The van der Waals surface area contributed by atoms with Gasteiger partial charge in [0.1, 0.15) is 12.6 Å². The molecule has 1 atom stereocenters. The molecular weight excluding hydrogens is 677 g/mol. The van der Waals surface area contributed by atoms with Gasteiger partial charge in [-0.1, -0.05) is 71.7 Å². The van der Waals surface area contributed by atoms with Crippen LogP contribution in [-0.4, -0.2) is 49.5 Å². The van der Waals surface area contributed by atoms with Crippen molar-refractivity contribution in [3.05, 3.63) is 99.5 Å². The molecule has 0 heterocycles. The Morgan fingerprint density at radius 3 is 1.92 bits per heavy atom. The summed E-state index contributed by atoms with van der Waals surface area (Å²) in [4.78, 5) is 30.0. The number of benzene rings is 3. The number of nitrogens with zero attached hydrogens (tertiary/aromatic N) is 2. The minimum atomic E-state index is -3.89. The molecule has 0 aliphatic heterocycles. The van der Waals surface area contributed by atoms with Gasteiger partial charge in [0.05, 0.1) is 11.9 Å². The van der Waals surface area contributed by atoms with Crippen molar-refractivity contribution in [3.63, 3.8) is 0 Å². The maximum absolute atomic E-state index is 14.6. The molecule has 0 spiro atoms. The van der Waals surface area contributed by atoms with Gasteiger partial charge in [0.15, 0.2) is 0 Å². The van der Waals surface area contributed by atoms with E-state index in [9.17, 15) is 18.0 Å². The van der Waals surface area contributed by atoms with E-state index in [1.165, 1.54) is 49.0 Å².